The number of nitrogens with zero attached hydrogens (tertiary/aromatic N) is 1. The summed E-state index contributed by atoms with van der Waals surface area (Å²) in [5.74, 6) is 1.11. The van der Waals surface area contributed by atoms with Crippen LogP contribution in [0.15, 0.2) is 18.3 Å². The van der Waals surface area contributed by atoms with E-state index in [4.69, 9.17) is 4.74 Å². The lowest BCUT2D eigenvalue weighted by atomic mass is 10.3. The van der Waals surface area contributed by atoms with E-state index in [9.17, 15) is 4.21 Å². The van der Waals surface area contributed by atoms with Crippen molar-refractivity contribution in [2.24, 2.45) is 0 Å². The molecule has 0 aromatic carbocycles. The van der Waals surface area contributed by atoms with E-state index >= 15 is 0 Å². The van der Waals surface area contributed by atoms with Crippen molar-refractivity contribution in [1.29, 1.82) is 0 Å². The molecule has 4 heteroatoms. The van der Waals surface area contributed by atoms with Gasteiger partial charge in [-0.15, -0.1) is 0 Å². The maximum absolute atomic E-state index is 11.6. The first-order valence-electron chi connectivity index (χ1n) is 5.06. The van der Waals surface area contributed by atoms with Crippen LogP contribution in [0.3, 0.4) is 0 Å². The van der Waals surface area contributed by atoms with Crippen LogP contribution in [0, 0.1) is 6.92 Å². The maximum atomic E-state index is 11.6. The molecule has 15 heavy (non-hydrogen) atoms. The molecule has 1 atom stereocenters. The molecule has 84 valence electrons. The second-order valence-electron chi connectivity index (χ2n) is 3.31. The molecule has 0 aliphatic carbocycles. The molecular weight excluding hydrogens is 210 g/mol. The van der Waals surface area contributed by atoms with Gasteiger partial charge in [0.25, 0.3) is 0 Å². The van der Waals surface area contributed by atoms with Gasteiger partial charge in [-0.3, -0.25) is 9.19 Å². The number of ether oxygens (including phenoxy) is 1. The second-order valence-corrected chi connectivity index (χ2v) is 4.89. The fourth-order valence-electron chi connectivity index (χ4n) is 1.12. The van der Waals surface area contributed by atoms with Gasteiger partial charge < -0.3 is 4.74 Å². The molecule has 0 bridgehead atoms. The van der Waals surface area contributed by atoms with Crippen molar-refractivity contribution >= 4 is 10.8 Å². The molecule has 0 amide bonds. The summed E-state index contributed by atoms with van der Waals surface area (Å²) in [5, 5.41) is 0. The Hall–Kier alpha value is -0.740. The van der Waals surface area contributed by atoms with E-state index in [1.165, 1.54) is 0 Å². The third-order valence-corrected chi connectivity index (χ3v) is 3.18. The fraction of sp³-hybridized carbons (Fsp3) is 0.545. The van der Waals surface area contributed by atoms with Gasteiger partial charge in [0.15, 0.2) is 0 Å². The number of hydrogen-bond donors (Lipinski definition) is 0. The van der Waals surface area contributed by atoms with Gasteiger partial charge in [-0.1, -0.05) is 6.07 Å². The number of aryl methyl sites for hydroxylation is 1. The Bertz CT molecular complexity index is 311. The SMILES string of the molecule is CCOCCS(=O)Cc1ccc(C)cn1. The van der Waals surface area contributed by atoms with Crippen LogP contribution in [0.1, 0.15) is 18.2 Å². The molecule has 0 spiro atoms. The highest BCUT2D eigenvalue weighted by Gasteiger charge is 2.02. The molecule has 1 rings (SSSR count). The minimum Gasteiger partial charge on any atom is -0.381 e. The van der Waals surface area contributed by atoms with Crippen LogP contribution >= 0.6 is 0 Å². The standard InChI is InChI=1S/C11H17NO2S/c1-3-14-6-7-15(13)9-11-5-4-10(2)8-12-11/h4-5,8H,3,6-7,9H2,1-2H3. The minimum atomic E-state index is -0.867. The average Bonchev–Trinajstić information content (AvgIpc) is 2.22. The van der Waals surface area contributed by atoms with Gasteiger partial charge in [0.05, 0.1) is 18.1 Å². The Balaban J connectivity index is 2.34. The number of pyridine rings is 1. The predicted octanol–water partition coefficient (Wildman–Crippen LogP) is 1.68. The summed E-state index contributed by atoms with van der Waals surface area (Å²) in [4.78, 5) is 4.21. The smallest absolute Gasteiger partial charge is 0.0659 e. The van der Waals surface area contributed by atoms with Crippen LogP contribution in [0.5, 0.6) is 0 Å². The highest BCUT2D eigenvalue weighted by atomic mass is 32.2. The van der Waals surface area contributed by atoms with Gasteiger partial charge in [0.1, 0.15) is 0 Å². The first kappa shape index (κ1) is 12.3. The summed E-state index contributed by atoms with van der Waals surface area (Å²) in [6, 6.07) is 3.91. The number of hydrogen-bond acceptors (Lipinski definition) is 3. The minimum absolute atomic E-state index is 0.521. The molecule has 1 unspecified atom stereocenters. The Morgan fingerprint density at radius 2 is 2.27 bits per heavy atom. The van der Waals surface area contributed by atoms with Crippen molar-refractivity contribution in [1.82, 2.24) is 4.98 Å². The van der Waals surface area contributed by atoms with Gasteiger partial charge in [-0.05, 0) is 25.5 Å². The van der Waals surface area contributed by atoms with E-state index in [1.807, 2.05) is 26.0 Å². The van der Waals surface area contributed by atoms with E-state index in [-0.39, 0.29) is 0 Å². The van der Waals surface area contributed by atoms with Gasteiger partial charge in [0, 0.05) is 29.4 Å². The van der Waals surface area contributed by atoms with Crippen LogP contribution in [-0.2, 0) is 21.3 Å². The maximum Gasteiger partial charge on any atom is 0.0659 e. The topological polar surface area (TPSA) is 39.2 Å². The predicted molar refractivity (Wildman–Crippen MR) is 62.2 cm³/mol. The van der Waals surface area contributed by atoms with Crippen LogP contribution in [-0.4, -0.2) is 28.2 Å². The summed E-state index contributed by atoms with van der Waals surface area (Å²) in [6.45, 7) is 5.17. The van der Waals surface area contributed by atoms with Gasteiger partial charge >= 0.3 is 0 Å². The van der Waals surface area contributed by atoms with Crippen molar-refractivity contribution in [2.45, 2.75) is 19.6 Å². The van der Waals surface area contributed by atoms with Crippen molar-refractivity contribution in [2.75, 3.05) is 19.0 Å². The van der Waals surface area contributed by atoms with E-state index in [0.717, 1.165) is 11.3 Å². The van der Waals surface area contributed by atoms with Crippen LogP contribution in [0.25, 0.3) is 0 Å². The first-order valence-corrected chi connectivity index (χ1v) is 6.55. The van der Waals surface area contributed by atoms with Crippen molar-refractivity contribution < 1.29 is 8.95 Å². The lowest BCUT2D eigenvalue weighted by Crippen LogP contribution is -2.08. The Morgan fingerprint density at radius 3 is 2.87 bits per heavy atom. The molecule has 0 aliphatic rings. The normalized spacial score (nSPS) is 12.7. The molecule has 1 heterocycles. The Labute approximate surface area is 93.3 Å². The lowest BCUT2D eigenvalue weighted by Gasteiger charge is -2.02. The molecule has 1 aromatic rings. The molecule has 3 nitrogen and oxygen atoms in total. The fourth-order valence-corrected chi connectivity index (χ4v) is 2.07. The van der Waals surface area contributed by atoms with Crippen molar-refractivity contribution in [3.63, 3.8) is 0 Å². The third-order valence-electron chi connectivity index (χ3n) is 1.94. The first-order chi connectivity index (χ1) is 7.22. The largest absolute Gasteiger partial charge is 0.381 e. The number of aromatic nitrogens is 1. The van der Waals surface area contributed by atoms with E-state index in [2.05, 4.69) is 4.98 Å². The zero-order chi connectivity index (χ0) is 11.1. The van der Waals surface area contributed by atoms with Gasteiger partial charge in [-0.25, -0.2) is 0 Å². The average molecular weight is 227 g/mol. The molecule has 1 aromatic heterocycles. The summed E-state index contributed by atoms with van der Waals surface area (Å²) in [7, 11) is -0.867. The molecule has 0 N–H and O–H groups in total. The third kappa shape index (κ3) is 5.04. The highest BCUT2D eigenvalue weighted by molar-refractivity contribution is 7.84. The van der Waals surface area contributed by atoms with Gasteiger partial charge in [0.2, 0.25) is 0 Å². The van der Waals surface area contributed by atoms with Gasteiger partial charge in [-0.2, -0.15) is 0 Å². The summed E-state index contributed by atoms with van der Waals surface area (Å²) < 4.78 is 16.7. The van der Waals surface area contributed by atoms with E-state index < -0.39 is 10.8 Å². The second kappa shape index (κ2) is 6.69. The monoisotopic (exact) mass is 227 g/mol. The number of rotatable bonds is 6. The Morgan fingerprint density at radius 1 is 1.47 bits per heavy atom. The molecule has 0 fully saturated rings. The quantitative estimate of drug-likeness (QED) is 0.694. The van der Waals surface area contributed by atoms with E-state index in [1.54, 1.807) is 6.20 Å². The molecule has 0 saturated heterocycles. The summed E-state index contributed by atoms with van der Waals surface area (Å²) in [5.41, 5.74) is 2.01. The summed E-state index contributed by atoms with van der Waals surface area (Å²) in [6.07, 6.45) is 1.80. The zero-order valence-electron chi connectivity index (χ0n) is 9.23. The van der Waals surface area contributed by atoms with Crippen LogP contribution in [0.4, 0.5) is 0 Å². The highest BCUT2D eigenvalue weighted by Crippen LogP contribution is 2.02. The molecule has 0 radical (unpaired) electrons. The van der Waals surface area contributed by atoms with Crippen LogP contribution < -0.4 is 0 Å². The zero-order valence-corrected chi connectivity index (χ0v) is 10.0. The molecular formula is C11H17NO2S. The molecule has 0 saturated carbocycles. The van der Waals surface area contributed by atoms with Crippen molar-refractivity contribution in [3.05, 3.63) is 29.6 Å². The van der Waals surface area contributed by atoms with Crippen molar-refractivity contribution in [3.8, 4) is 0 Å². The summed E-state index contributed by atoms with van der Waals surface area (Å²) >= 11 is 0. The lowest BCUT2D eigenvalue weighted by molar-refractivity contribution is 0.164. The van der Waals surface area contributed by atoms with Crippen LogP contribution in [0.2, 0.25) is 0 Å². The van der Waals surface area contributed by atoms with E-state index in [0.29, 0.717) is 24.7 Å². The Kier molecular flexibility index (Phi) is 5.50. The molecule has 0 aliphatic heterocycles.